The monoisotopic (exact) mass is 1090 g/mol. The fraction of sp³-hybridized carbons (Fsp3) is 0.644. The molecule has 9 N–H and O–H groups in total. The zero-order valence-electron chi connectivity index (χ0n) is 48.2. The Balaban J connectivity index is 1.92. The highest BCUT2D eigenvalue weighted by Crippen LogP contribution is 2.27. The van der Waals surface area contributed by atoms with E-state index in [-0.39, 0.29) is 62.8 Å². The first kappa shape index (κ1) is 64.2. The number of benzene rings is 2. The summed E-state index contributed by atoms with van der Waals surface area (Å²) in [5, 5.41) is 34.2. The maximum absolute atomic E-state index is 15.1. The van der Waals surface area contributed by atoms with Gasteiger partial charge in [-0.25, -0.2) is 0 Å². The van der Waals surface area contributed by atoms with Gasteiger partial charge in [-0.15, -0.1) is 0 Å². The third-order valence-electron chi connectivity index (χ3n) is 15.0. The Hall–Kier alpha value is -6.37. The van der Waals surface area contributed by atoms with E-state index in [1.807, 2.05) is 67.5 Å². The first-order valence-electron chi connectivity index (χ1n) is 28.3. The number of aliphatic hydroxyl groups excluding tert-OH is 1. The number of amides is 9. The number of nitrogens with one attached hydrogen (secondary N) is 8. The van der Waals surface area contributed by atoms with Crippen LogP contribution in [0.2, 0.25) is 0 Å². The molecular formula is C59H91N9O10. The van der Waals surface area contributed by atoms with E-state index in [1.165, 1.54) is 4.90 Å². The van der Waals surface area contributed by atoms with Gasteiger partial charge in [-0.2, -0.15) is 0 Å². The Morgan fingerprint density at radius 3 is 1.32 bits per heavy atom. The lowest BCUT2D eigenvalue weighted by Crippen LogP contribution is -2.67. The van der Waals surface area contributed by atoms with Crippen LogP contribution in [0, 0.1) is 35.5 Å². The van der Waals surface area contributed by atoms with E-state index in [1.54, 1.807) is 76.2 Å². The van der Waals surface area contributed by atoms with Gasteiger partial charge in [0, 0.05) is 19.4 Å². The fourth-order valence-electron chi connectivity index (χ4n) is 10.2. The molecule has 2 aromatic carbocycles. The number of hydrogen-bond acceptors (Lipinski definition) is 10. The van der Waals surface area contributed by atoms with Gasteiger partial charge in [0.15, 0.2) is 0 Å². The zero-order chi connectivity index (χ0) is 58.0. The summed E-state index contributed by atoms with van der Waals surface area (Å²) in [6.45, 7) is 21.0. The van der Waals surface area contributed by atoms with Gasteiger partial charge in [-0.3, -0.25) is 43.2 Å². The van der Waals surface area contributed by atoms with Crippen LogP contribution in [-0.2, 0) is 56.0 Å². The average molecular weight is 1090 g/mol. The summed E-state index contributed by atoms with van der Waals surface area (Å²) in [6, 6.07) is 8.22. The molecule has 78 heavy (non-hydrogen) atoms. The lowest BCUT2D eigenvalue weighted by Gasteiger charge is -2.39. The second-order valence-electron chi connectivity index (χ2n) is 23.3. The van der Waals surface area contributed by atoms with Crippen LogP contribution in [-0.4, -0.2) is 130 Å². The zero-order valence-corrected chi connectivity index (χ0v) is 48.2. The van der Waals surface area contributed by atoms with Crippen LogP contribution in [0.3, 0.4) is 0 Å². The van der Waals surface area contributed by atoms with Crippen molar-refractivity contribution in [3.63, 3.8) is 0 Å². The third-order valence-corrected chi connectivity index (χ3v) is 15.0. The molecule has 19 heteroatoms. The van der Waals surface area contributed by atoms with Gasteiger partial charge in [-0.05, 0) is 78.7 Å². The van der Waals surface area contributed by atoms with Crippen LogP contribution in [0.15, 0.2) is 60.7 Å². The van der Waals surface area contributed by atoms with Gasteiger partial charge in [-0.1, -0.05) is 157 Å². The molecule has 0 aliphatic carbocycles. The Morgan fingerprint density at radius 1 is 0.500 bits per heavy atom. The number of carbonyl (C=O) groups excluding carboxylic acids is 9. The lowest BCUT2D eigenvalue weighted by molar-refractivity contribution is -0.149. The largest absolute Gasteiger partial charge is 0.393 e. The maximum atomic E-state index is 15.1. The van der Waals surface area contributed by atoms with E-state index in [9.17, 15) is 43.5 Å². The minimum Gasteiger partial charge on any atom is -0.393 e. The molecule has 0 aromatic heterocycles. The number of carbonyl (C=O) groups is 9. The van der Waals surface area contributed by atoms with E-state index in [4.69, 9.17) is 0 Å². The van der Waals surface area contributed by atoms with Gasteiger partial charge in [0.05, 0.1) is 6.61 Å². The van der Waals surface area contributed by atoms with Crippen molar-refractivity contribution < 1.29 is 48.3 Å². The van der Waals surface area contributed by atoms with E-state index >= 15 is 4.79 Å². The molecule has 0 spiro atoms. The van der Waals surface area contributed by atoms with Gasteiger partial charge in [0.25, 0.3) is 5.91 Å². The minimum atomic E-state index is -1.96. The van der Waals surface area contributed by atoms with Gasteiger partial charge in [0.1, 0.15) is 53.9 Å². The van der Waals surface area contributed by atoms with Crippen molar-refractivity contribution in [1.82, 2.24) is 47.4 Å². The second kappa shape index (κ2) is 30.1. The average Bonchev–Trinajstić information content (AvgIpc) is 3.92. The van der Waals surface area contributed by atoms with Crippen LogP contribution < -0.4 is 42.5 Å². The number of nitrogens with zero attached hydrogens (tertiary/aromatic N) is 1. The molecule has 0 bridgehead atoms. The molecule has 2 aliphatic heterocycles. The molecular weight excluding hydrogens is 995 g/mol. The van der Waals surface area contributed by atoms with E-state index < -0.39 is 131 Å². The predicted molar refractivity (Wildman–Crippen MR) is 299 cm³/mol. The van der Waals surface area contributed by atoms with Crippen LogP contribution in [0.5, 0.6) is 0 Å². The molecule has 432 valence electrons. The molecule has 2 aromatic rings. The number of aliphatic hydroxyl groups is 1. The minimum absolute atomic E-state index is 0.00999. The number of hydrogen-bond donors (Lipinski definition) is 9. The van der Waals surface area contributed by atoms with Crippen LogP contribution in [0.25, 0.3) is 0 Å². The van der Waals surface area contributed by atoms with Crippen molar-refractivity contribution in [3.8, 4) is 0 Å². The molecule has 2 aliphatic rings. The Labute approximate surface area is 462 Å². The first-order chi connectivity index (χ1) is 36.8. The summed E-state index contributed by atoms with van der Waals surface area (Å²) in [6.07, 6.45) is 1.67. The predicted octanol–water partition coefficient (Wildman–Crippen LogP) is 3.60. The van der Waals surface area contributed by atoms with Crippen LogP contribution in [0.1, 0.15) is 139 Å². The molecule has 2 heterocycles. The Bertz CT molecular complexity index is 2350. The summed E-state index contributed by atoms with van der Waals surface area (Å²) in [7, 11) is 0. The highest BCUT2D eigenvalue weighted by Gasteiger charge is 2.49. The van der Waals surface area contributed by atoms with Crippen molar-refractivity contribution in [2.45, 2.75) is 195 Å². The molecule has 4 rings (SSSR count). The molecule has 11 atom stereocenters. The molecule has 0 unspecified atom stereocenters. The van der Waals surface area contributed by atoms with Crippen molar-refractivity contribution >= 4 is 53.2 Å². The van der Waals surface area contributed by atoms with Gasteiger partial charge >= 0.3 is 0 Å². The molecule has 9 amide bonds. The van der Waals surface area contributed by atoms with E-state index in [0.717, 1.165) is 0 Å². The number of rotatable bonds is 16. The van der Waals surface area contributed by atoms with Gasteiger partial charge in [0.2, 0.25) is 47.3 Å². The van der Waals surface area contributed by atoms with E-state index in [2.05, 4.69) is 42.5 Å². The second-order valence-corrected chi connectivity index (χ2v) is 23.3. The number of fused-ring (bicyclic) bond motifs is 1. The Morgan fingerprint density at radius 2 is 0.897 bits per heavy atom. The standard InChI is InChI=1S/C59H91N9O10/c1-13-38(11)48-55(75)63-43(29-35(5)6)52(72)64-47(37(9)10)57(77)67-59(33-69,32-36(7)8)58(78)68-27-21-26-46(68)54(74)62-45(31-41-24-19-16-20-25-41)51(71)61-44(30-40-22-17-15-18-23-40)50(70)60-42(28-34(3)4)53(73)65-49(39(12)14-2)56(76)66-48/h15-20,22-25,34-39,42-49,69H,13-14,21,26-33H2,1-12H3,(H,60,70)(H,61,71)(H,62,74)(H,63,75)(H,64,72)(H,65,73)(H,66,76)(H,67,77)/t38-,39-,42-,43-,44-,45-,46-,47-,48-,49-,59+/m0/s1. The fourth-order valence-corrected chi connectivity index (χ4v) is 10.2. The molecule has 0 radical (unpaired) electrons. The van der Waals surface area contributed by atoms with Crippen LogP contribution >= 0.6 is 0 Å². The summed E-state index contributed by atoms with van der Waals surface area (Å²) in [4.78, 5) is 133. The van der Waals surface area contributed by atoms with Crippen molar-refractivity contribution in [1.29, 1.82) is 0 Å². The van der Waals surface area contributed by atoms with Gasteiger partial charge < -0.3 is 52.5 Å². The molecule has 2 fully saturated rings. The third kappa shape index (κ3) is 18.1. The Kier molecular flexibility index (Phi) is 24.8. The van der Waals surface area contributed by atoms with Crippen molar-refractivity contribution in [2.24, 2.45) is 35.5 Å². The normalized spacial score (nSPS) is 26.9. The summed E-state index contributed by atoms with van der Waals surface area (Å²) < 4.78 is 0. The van der Waals surface area contributed by atoms with Crippen molar-refractivity contribution in [2.75, 3.05) is 13.2 Å². The topological polar surface area (TPSA) is 273 Å². The molecule has 19 nitrogen and oxygen atoms in total. The van der Waals surface area contributed by atoms with Crippen molar-refractivity contribution in [3.05, 3.63) is 71.8 Å². The summed E-state index contributed by atoms with van der Waals surface area (Å²) >= 11 is 0. The molecule has 2 saturated heterocycles. The lowest BCUT2D eigenvalue weighted by atomic mass is 9.86. The highest BCUT2D eigenvalue weighted by molar-refractivity contribution is 6.00. The van der Waals surface area contributed by atoms with E-state index in [0.29, 0.717) is 30.4 Å². The first-order valence-corrected chi connectivity index (χ1v) is 28.3. The summed E-state index contributed by atoms with van der Waals surface area (Å²) in [5.74, 6) is -8.29. The SMILES string of the molecule is CC[C@H](C)[C@@H]1NC(=O)[C@H](CC(C)C)NC(=O)[C@H](Cc2ccccc2)NC(=O)[C@H](Cc2ccccc2)NC(=O)[C@@H]2CCCN2C(=O)[C@](CO)(CC(C)C)NC(=O)[C@H](C(C)C)NC(=O)[C@H](CC(C)C)NC(=O)[C@H]([C@@H](C)CC)NC1=O. The van der Waals surface area contributed by atoms with Crippen LogP contribution in [0.4, 0.5) is 0 Å². The smallest absolute Gasteiger partial charge is 0.251 e. The highest BCUT2D eigenvalue weighted by atomic mass is 16.3. The summed E-state index contributed by atoms with van der Waals surface area (Å²) in [5.41, 5.74) is -0.591. The molecule has 0 saturated carbocycles. The maximum Gasteiger partial charge on any atom is 0.251 e. The quantitative estimate of drug-likeness (QED) is 0.118.